The van der Waals surface area contributed by atoms with Crippen molar-refractivity contribution in [1.29, 1.82) is 0 Å². The van der Waals surface area contributed by atoms with Crippen molar-refractivity contribution in [2.24, 2.45) is 0 Å². The highest BCUT2D eigenvalue weighted by Gasteiger charge is 2.20. The van der Waals surface area contributed by atoms with Gasteiger partial charge in [-0.2, -0.15) is 0 Å². The van der Waals surface area contributed by atoms with Crippen LogP contribution < -0.4 is 9.44 Å². The molecule has 0 bridgehead atoms. The molecule has 0 saturated carbocycles. The second-order valence-electron chi connectivity index (χ2n) is 7.28. The Hall–Kier alpha value is -3.26. The van der Waals surface area contributed by atoms with E-state index in [9.17, 15) is 12.9 Å². The normalized spacial score (nSPS) is 9.60. The lowest BCUT2D eigenvalue weighted by Gasteiger charge is -2.07. The van der Waals surface area contributed by atoms with Gasteiger partial charge in [-0.15, -0.1) is 0 Å². The van der Waals surface area contributed by atoms with E-state index in [0.717, 1.165) is 59.0 Å². The molecule has 35 heavy (non-hydrogen) atoms. The summed E-state index contributed by atoms with van der Waals surface area (Å²) in [7, 11) is -3.67. The molecule has 4 aromatic rings. The van der Waals surface area contributed by atoms with Crippen LogP contribution in [0.25, 0.3) is 33.8 Å². The standard InChI is InChI=1S/C27H25O2.BF3.FH.H2S/c1-2-3-18-28-25-16-14-21(15-17-25)24-19-26(22-10-6-4-7-11-22)29-27(20-24)23-12-8-5-9-13-23;2-1(3)4;;/h4-17,19-20H,2-3,18H2,1H3;;1H;1H2/q+1;;;/p-2. The Balaban J connectivity index is 0.000000950. The number of benzene rings is 3. The minimum Gasteiger partial charge on any atom is -1.00 e. The molecule has 8 heteroatoms. The maximum absolute atomic E-state index is 9.67. The van der Waals surface area contributed by atoms with E-state index in [-0.39, 0.29) is 18.2 Å². The first-order valence-electron chi connectivity index (χ1n) is 10.8. The van der Waals surface area contributed by atoms with Crippen molar-refractivity contribution in [2.75, 3.05) is 6.61 Å². The molecule has 3 aromatic carbocycles. The minimum atomic E-state index is -3.67. The first-order chi connectivity index (χ1) is 16.1. The molecule has 184 valence electrons. The predicted octanol–water partition coefficient (Wildman–Crippen LogP) is 5.35. The fourth-order valence-corrected chi connectivity index (χ4v) is 3.24. The summed E-state index contributed by atoms with van der Waals surface area (Å²) in [6.45, 7) is 2.93. The molecule has 0 radical (unpaired) electrons. The molecule has 0 aliphatic carbocycles. The molecule has 2 nitrogen and oxygen atoms in total. The highest BCUT2D eigenvalue weighted by Crippen LogP contribution is 2.33. The van der Waals surface area contributed by atoms with Crippen molar-refractivity contribution >= 4 is 21.0 Å². The highest BCUT2D eigenvalue weighted by atomic mass is 32.1. The van der Waals surface area contributed by atoms with E-state index in [1.807, 2.05) is 48.5 Å². The molecule has 0 spiro atoms. The first-order valence-corrected chi connectivity index (χ1v) is 10.8. The monoisotopic (exact) mass is 501 g/mol. The molecule has 0 aliphatic heterocycles. The Kier molecular flexibility index (Phi) is 13.3. The van der Waals surface area contributed by atoms with Crippen LogP contribution in [0.2, 0.25) is 0 Å². The second kappa shape index (κ2) is 15.6. The van der Waals surface area contributed by atoms with Gasteiger partial charge < -0.3 is 22.9 Å². The van der Waals surface area contributed by atoms with E-state index in [1.54, 1.807) is 0 Å². The smallest absolute Gasteiger partial charge is 0.762 e. The number of thiol groups is 1. The van der Waals surface area contributed by atoms with Crippen LogP contribution in [0.4, 0.5) is 12.9 Å². The third-order valence-electron chi connectivity index (χ3n) is 4.86. The van der Waals surface area contributed by atoms with E-state index in [2.05, 4.69) is 55.5 Å². The van der Waals surface area contributed by atoms with Crippen LogP contribution in [-0.2, 0) is 13.5 Å². The van der Waals surface area contributed by atoms with Gasteiger partial charge in [0.15, 0.2) is 0 Å². The third kappa shape index (κ3) is 9.49. The van der Waals surface area contributed by atoms with Gasteiger partial charge in [-0.3, -0.25) is 12.9 Å². The van der Waals surface area contributed by atoms with Gasteiger partial charge in [0.05, 0.1) is 29.9 Å². The van der Waals surface area contributed by atoms with Crippen molar-refractivity contribution in [3.63, 3.8) is 0 Å². The lowest BCUT2D eigenvalue weighted by molar-refractivity contribution is -0.0000105. The maximum atomic E-state index is 9.67. The summed E-state index contributed by atoms with van der Waals surface area (Å²) in [5, 5.41) is 0. The zero-order chi connectivity index (χ0) is 23.5. The van der Waals surface area contributed by atoms with E-state index >= 15 is 0 Å². The summed E-state index contributed by atoms with van der Waals surface area (Å²) in [4.78, 5) is 0. The summed E-state index contributed by atoms with van der Waals surface area (Å²) in [6.07, 6.45) is 2.21. The Bertz CT molecular complexity index is 1050. The van der Waals surface area contributed by atoms with Gasteiger partial charge in [-0.1, -0.05) is 61.9 Å². The van der Waals surface area contributed by atoms with Crippen LogP contribution in [0.3, 0.4) is 0 Å². The Labute approximate surface area is 210 Å². The van der Waals surface area contributed by atoms with Gasteiger partial charge >= 0.3 is 19.1 Å². The van der Waals surface area contributed by atoms with Crippen LogP contribution in [-0.4, -0.2) is 14.2 Å². The second-order valence-corrected chi connectivity index (χ2v) is 7.28. The fraction of sp³-hybridized carbons (Fsp3) is 0.148. The number of unbranched alkanes of at least 4 members (excludes halogenated alkanes) is 1. The summed E-state index contributed by atoms with van der Waals surface area (Å²) in [5.74, 6) is 2.62. The molecular formula is C27H26BF4O2S-. The van der Waals surface area contributed by atoms with Crippen LogP contribution in [0, 0.1) is 0 Å². The predicted molar refractivity (Wildman–Crippen MR) is 138 cm³/mol. The Morgan fingerprint density at radius 3 is 1.57 bits per heavy atom. The molecule has 0 fully saturated rings. The number of ether oxygens (including phenoxy) is 1. The summed E-state index contributed by atoms with van der Waals surface area (Å²) >= 11 is 0. The molecule has 0 saturated heterocycles. The molecule has 0 N–H and O–H groups in total. The van der Waals surface area contributed by atoms with Gasteiger partial charge in [-0.25, -0.2) is 4.42 Å². The van der Waals surface area contributed by atoms with Crippen molar-refractivity contribution in [3.05, 3.63) is 97.1 Å². The number of hydrogen-bond acceptors (Lipinski definition) is 2. The summed E-state index contributed by atoms with van der Waals surface area (Å²) in [5.41, 5.74) is 4.38. The molecule has 1 heterocycles. The van der Waals surface area contributed by atoms with Crippen LogP contribution in [0.5, 0.6) is 5.75 Å². The zero-order valence-electron chi connectivity index (χ0n) is 19.2. The Morgan fingerprint density at radius 1 is 0.686 bits per heavy atom. The minimum absolute atomic E-state index is 0. The quantitative estimate of drug-likeness (QED) is 0.0851. The lowest BCUT2D eigenvalue weighted by atomic mass is 10.0. The number of rotatable bonds is 7. The first kappa shape index (κ1) is 29.8. The van der Waals surface area contributed by atoms with E-state index < -0.39 is 7.54 Å². The maximum Gasteiger partial charge on any atom is 0.762 e. The van der Waals surface area contributed by atoms with Crippen molar-refractivity contribution in [3.8, 4) is 39.5 Å². The van der Waals surface area contributed by atoms with Crippen LogP contribution in [0.15, 0.2) is 101 Å². The lowest BCUT2D eigenvalue weighted by Crippen LogP contribution is -3.00. The van der Waals surface area contributed by atoms with Crippen molar-refractivity contribution in [2.45, 2.75) is 19.8 Å². The van der Waals surface area contributed by atoms with Gasteiger partial charge in [0.25, 0.3) is 0 Å². The molecule has 0 atom stereocenters. The van der Waals surface area contributed by atoms with Crippen molar-refractivity contribution in [1.82, 2.24) is 0 Å². The third-order valence-corrected chi connectivity index (χ3v) is 4.86. The van der Waals surface area contributed by atoms with Crippen LogP contribution >= 0.6 is 0 Å². The highest BCUT2D eigenvalue weighted by molar-refractivity contribution is 7.37. The van der Waals surface area contributed by atoms with E-state index in [1.165, 1.54) is 0 Å². The van der Waals surface area contributed by atoms with Gasteiger partial charge in [0.2, 0.25) is 0 Å². The zero-order valence-corrected chi connectivity index (χ0v) is 20.1. The van der Waals surface area contributed by atoms with E-state index in [0.29, 0.717) is 0 Å². The Morgan fingerprint density at radius 2 is 1.14 bits per heavy atom. The summed E-state index contributed by atoms with van der Waals surface area (Å²) < 4.78 is 41.1. The van der Waals surface area contributed by atoms with E-state index in [4.69, 9.17) is 9.15 Å². The van der Waals surface area contributed by atoms with Gasteiger partial charge in [-0.05, 0) is 48.4 Å². The number of halogens is 4. The molecule has 0 unspecified atom stereocenters. The molecule has 0 amide bonds. The fourth-order valence-electron chi connectivity index (χ4n) is 3.24. The van der Waals surface area contributed by atoms with Gasteiger partial charge in [0.1, 0.15) is 5.75 Å². The molecule has 4 rings (SSSR count). The molecule has 1 aromatic heterocycles. The van der Waals surface area contributed by atoms with Gasteiger partial charge in [0, 0.05) is 5.56 Å². The summed E-state index contributed by atoms with van der Waals surface area (Å²) in [6, 6.07) is 33.0. The average molecular weight is 501 g/mol. The SMILES string of the molecule is CCCCOc1ccc(-c2cc(-c3ccccc3)[o+]c(-c3ccccc3)c2)cc1.FB(F)F.[F-].[SH-]. The van der Waals surface area contributed by atoms with Crippen molar-refractivity contribution < 1.29 is 26.8 Å². The van der Waals surface area contributed by atoms with Crippen LogP contribution in [0.1, 0.15) is 19.8 Å². The average Bonchev–Trinajstić information content (AvgIpc) is 2.85. The molecule has 0 aliphatic rings. The number of hydrogen-bond donors (Lipinski definition) is 0. The molecular weight excluding hydrogens is 475 g/mol. The topological polar surface area (TPSA) is 20.5 Å². The largest absolute Gasteiger partial charge is 1.00 e.